The molecule has 0 radical (unpaired) electrons. The van der Waals surface area contributed by atoms with E-state index in [1.807, 2.05) is 6.07 Å². The standard InChI is InChI=1S/C21H24ClFN6O2/c1-27(8-4-7-22)21(30)16-13-25-29-10-6-18(26-19(16)29)28-9-3-5-17(28)15-11-14(23)12-24-20(15)31-2/h6,10-13,17H,3-5,7-9H2,1-2H3/t17-/m1/s1. The molecule has 0 aromatic carbocycles. The lowest BCUT2D eigenvalue weighted by molar-refractivity contribution is 0.0797. The van der Waals surface area contributed by atoms with Gasteiger partial charge >= 0.3 is 0 Å². The van der Waals surface area contributed by atoms with Crippen molar-refractivity contribution < 1.29 is 13.9 Å². The van der Waals surface area contributed by atoms with E-state index in [0.717, 1.165) is 25.6 Å². The second kappa shape index (κ2) is 9.05. The Morgan fingerprint density at radius 2 is 2.26 bits per heavy atom. The molecule has 0 saturated carbocycles. The number of pyridine rings is 1. The molecule has 1 amide bonds. The molecule has 1 fully saturated rings. The summed E-state index contributed by atoms with van der Waals surface area (Å²) in [5.74, 6) is 1.03. The summed E-state index contributed by atoms with van der Waals surface area (Å²) in [4.78, 5) is 25.4. The highest BCUT2D eigenvalue weighted by molar-refractivity contribution is 6.17. The molecule has 0 unspecified atom stereocenters. The Bertz CT molecular complexity index is 1090. The molecule has 1 aliphatic heterocycles. The van der Waals surface area contributed by atoms with Gasteiger partial charge in [0.2, 0.25) is 5.88 Å². The van der Waals surface area contributed by atoms with Crippen molar-refractivity contribution in [3.8, 4) is 5.88 Å². The second-order valence-corrected chi connectivity index (χ2v) is 7.86. The summed E-state index contributed by atoms with van der Waals surface area (Å²) in [5.41, 5.74) is 1.60. The average Bonchev–Trinajstić information content (AvgIpc) is 3.43. The Kier molecular flexibility index (Phi) is 6.22. The molecular formula is C21H24ClFN6O2. The maximum absolute atomic E-state index is 13.9. The fourth-order valence-corrected chi connectivity index (χ4v) is 4.11. The summed E-state index contributed by atoms with van der Waals surface area (Å²) in [6, 6.07) is 3.19. The van der Waals surface area contributed by atoms with Crippen molar-refractivity contribution in [3.63, 3.8) is 0 Å². The lowest BCUT2D eigenvalue weighted by atomic mass is 10.1. The molecule has 3 aromatic heterocycles. The zero-order valence-electron chi connectivity index (χ0n) is 17.5. The van der Waals surface area contributed by atoms with Gasteiger partial charge in [0.1, 0.15) is 17.2 Å². The van der Waals surface area contributed by atoms with Crippen molar-refractivity contribution in [1.29, 1.82) is 0 Å². The van der Waals surface area contributed by atoms with Crippen LogP contribution in [0.2, 0.25) is 0 Å². The minimum absolute atomic E-state index is 0.124. The van der Waals surface area contributed by atoms with E-state index >= 15 is 0 Å². The Morgan fingerprint density at radius 1 is 1.42 bits per heavy atom. The van der Waals surface area contributed by atoms with Crippen molar-refractivity contribution >= 4 is 29.0 Å². The number of rotatable bonds is 7. The van der Waals surface area contributed by atoms with E-state index in [0.29, 0.717) is 47.3 Å². The number of halogens is 2. The molecule has 1 aliphatic rings. The molecule has 1 atom stereocenters. The molecule has 0 N–H and O–H groups in total. The fraction of sp³-hybridized carbons (Fsp3) is 0.429. The van der Waals surface area contributed by atoms with E-state index in [2.05, 4.69) is 15.0 Å². The summed E-state index contributed by atoms with van der Waals surface area (Å²) in [5, 5.41) is 4.27. The molecule has 3 aromatic rings. The summed E-state index contributed by atoms with van der Waals surface area (Å²) in [6.45, 7) is 1.31. The van der Waals surface area contributed by atoms with Gasteiger partial charge in [-0.05, 0) is 31.4 Å². The van der Waals surface area contributed by atoms with Crippen LogP contribution >= 0.6 is 11.6 Å². The molecule has 0 bridgehead atoms. The van der Waals surface area contributed by atoms with Crippen molar-refractivity contribution in [3.05, 3.63) is 47.7 Å². The molecule has 10 heteroatoms. The van der Waals surface area contributed by atoms with Crippen molar-refractivity contribution in [2.75, 3.05) is 38.0 Å². The Morgan fingerprint density at radius 3 is 3.03 bits per heavy atom. The number of alkyl halides is 1. The fourth-order valence-electron chi connectivity index (χ4n) is 3.99. The van der Waals surface area contributed by atoms with Gasteiger partial charge in [0.25, 0.3) is 5.91 Å². The topological polar surface area (TPSA) is 75.9 Å². The summed E-state index contributed by atoms with van der Waals surface area (Å²) in [6.07, 6.45) is 6.91. The minimum Gasteiger partial charge on any atom is -0.481 e. The third-order valence-electron chi connectivity index (χ3n) is 5.50. The summed E-state index contributed by atoms with van der Waals surface area (Å²) >= 11 is 5.75. The molecule has 0 aliphatic carbocycles. The van der Waals surface area contributed by atoms with Gasteiger partial charge in [-0.25, -0.2) is 18.9 Å². The van der Waals surface area contributed by atoms with E-state index in [4.69, 9.17) is 21.3 Å². The molecule has 31 heavy (non-hydrogen) atoms. The number of methoxy groups -OCH3 is 1. The van der Waals surface area contributed by atoms with Crippen LogP contribution in [0.4, 0.5) is 10.2 Å². The van der Waals surface area contributed by atoms with Crippen LogP contribution in [0.5, 0.6) is 5.88 Å². The third kappa shape index (κ3) is 4.14. The zero-order chi connectivity index (χ0) is 22.0. The van der Waals surface area contributed by atoms with E-state index in [9.17, 15) is 9.18 Å². The van der Waals surface area contributed by atoms with Gasteiger partial charge in [-0.1, -0.05) is 0 Å². The van der Waals surface area contributed by atoms with Crippen LogP contribution in [0.1, 0.15) is 41.2 Å². The molecule has 8 nitrogen and oxygen atoms in total. The zero-order valence-corrected chi connectivity index (χ0v) is 18.2. The predicted molar refractivity (Wildman–Crippen MR) is 115 cm³/mol. The van der Waals surface area contributed by atoms with Crippen LogP contribution in [0.25, 0.3) is 5.65 Å². The molecule has 4 heterocycles. The number of amides is 1. The highest BCUT2D eigenvalue weighted by Crippen LogP contribution is 2.38. The van der Waals surface area contributed by atoms with Crippen molar-refractivity contribution in [1.82, 2.24) is 24.5 Å². The molecule has 0 spiro atoms. The maximum atomic E-state index is 13.9. The van der Waals surface area contributed by atoms with Gasteiger partial charge < -0.3 is 14.5 Å². The normalized spacial score (nSPS) is 16.1. The quantitative estimate of drug-likeness (QED) is 0.518. The van der Waals surface area contributed by atoms with Crippen LogP contribution in [0.15, 0.2) is 30.7 Å². The lowest BCUT2D eigenvalue weighted by Crippen LogP contribution is -2.28. The Labute approximate surface area is 184 Å². The van der Waals surface area contributed by atoms with Gasteiger partial charge in [0.05, 0.1) is 25.5 Å². The first-order chi connectivity index (χ1) is 15.0. The molecule has 4 rings (SSSR count). The monoisotopic (exact) mass is 446 g/mol. The third-order valence-corrected chi connectivity index (χ3v) is 5.77. The van der Waals surface area contributed by atoms with Crippen LogP contribution in [0.3, 0.4) is 0 Å². The van der Waals surface area contributed by atoms with Crippen molar-refractivity contribution in [2.45, 2.75) is 25.3 Å². The molecule has 164 valence electrons. The molecular weight excluding hydrogens is 423 g/mol. The van der Waals surface area contributed by atoms with Gasteiger partial charge in [0.15, 0.2) is 5.65 Å². The predicted octanol–water partition coefficient (Wildman–Crippen LogP) is 3.31. The number of fused-ring (bicyclic) bond motifs is 1. The van der Waals surface area contributed by atoms with Crippen molar-refractivity contribution in [2.24, 2.45) is 0 Å². The SMILES string of the molecule is COc1ncc(F)cc1[C@H]1CCCN1c1ccn2ncc(C(=O)N(C)CCCCl)c2n1. The number of hydrogen-bond donors (Lipinski definition) is 0. The van der Waals surface area contributed by atoms with E-state index in [1.54, 1.807) is 22.7 Å². The smallest absolute Gasteiger partial charge is 0.259 e. The number of ether oxygens (including phenoxy) is 1. The number of carbonyl (C=O) groups is 1. The first kappa shape index (κ1) is 21.3. The largest absolute Gasteiger partial charge is 0.481 e. The number of aromatic nitrogens is 4. The van der Waals surface area contributed by atoms with Crippen LogP contribution < -0.4 is 9.64 Å². The second-order valence-electron chi connectivity index (χ2n) is 7.48. The maximum Gasteiger partial charge on any atom is 0.259 e. The first-order valence-electron chi connectivity index (χ1n) is 10.2. The minimum atomic E-state index is -0.408. The van der Waals surface area contributed by atoms with Gasteiger partial charge in [0, 0.05) is 37.8 Å². The number of carbonyl (C=O) groups excluding carboxylic acids is 1. The van der Waals surface area contributed by atoms with E-state index < -0.39 is 5.82 Å². The van der Waals surface area contributed by atoms with E-state index in [1.165, 1.54) is 19.4 Å². The average molecular weight is 447 g/mol. The van der Waals surface area contributed by atoms with Gasteiger partial charge in [-0.2, -0.15) is 5.10 Å². The van der Waals surface area contributed by atoms with Crippen LogP contribution in [0, 0.1) is 5.82 Å². The van der Waals surface area contributed by atoms with Gasteiger partial charge in [-0.3, -0.25) is 4.79 Å². The van der Waals surface area contributed by atoms with Crippen LogP contribution in [-0.4, -0.2) is 63.5 Å². The highest BCUT2D eigenvalue weighted by Gasteiger charge is 2.31. The number of nitrogens with zero attached hydrogens (tertiary/aromatic N) is 6. The van der Waals surface area contributed by atoms with E-state index in [-0.39, 0.29) is 11.9 Å². The first-order valence-corrected chi connectivity index (χ1v) is 10.7. The summed E-state index contributed by atoms with van der Waals surface area (Å²) < 4.78 is 20.9. The lowest BCUT2D eigenvalue weighted by Gasteiger charge is -2.27. The molecule has 1 saturated heterocycles. The highest BCUT2D eigenvalue weighted by atomic mass is 35.5. The number of hydrogen-bond acceptors (Lipinski definition) is 6. The number of anilines is 1. The Balaban J connectivity index is 1.68. The Hall–Kier alpha value is -2.94. The summed E-state index contributed by atoms with van der Waals surface area (Å²) in [7, 11) is 3.26. The van der Waals surface area contributed by atoms with Gasteiger partial charge in [-0.15, -0.1) is 11.6 Å². The van der Waals surface area contributed by atoms with Crippen LogP contribution in [-0.2, 0) is 0 Å².